The number of aryl methyl sites for hydroxylation is 1. The number of nitrogens with one attached hydrogen (secondary N) is 1. The molecule has 1 aromatic rings. The molecule has 1 atom stereocenters. The Kier molecular flexibility index (Phi) is 4.09. The summed E-state index contributed by atoms with van der Waals surface area (Å²) in [6.45, 7) is 3.15. The molecular weight excluding hydrogens is 330 g/mol. The first-order valence-electron chi connectivity index (χ1n) is 6.53. The highest BCUT2D eigenvalue weighted by Gasteiger charge is 2.42. The molecule has 7 nitrogen and oxygen atoms in total. The minimum atomic E-state index is -4.15. The molecule has 1 heterocycles. The minimum absolute atomic E-state index is 0.0916. The van der Waals surface area contributed by atoms with E-state index in [0.29, 0.717) is 5.56 Å². The highest BCUT2D eigenvalue weighted by molar-refractivity contribution is 7.92. The van der Waals surface area contributed by atoms with Crippen molar-refractivity contribution in [3.63, 3.8) is 0 Å². The van der Waals surface area contributed by atoms with Crippen molar-refractivity contribution in [2.45, 2.75) is 30.7 Å². The van der Waals surface area contributed by atoms with E-state index in [1.165, 1.54) is 25.1 Å². The maximum absolute atomic E-state index is 12.5. The highest BCUT2D eigenvalue weighted by Crippen LogP contribution is 2.26. The summed E-state index contributed by atoms with van der Waals surface area (Å²) in [4.78, 5) is 10.9. The van der Waals surface area contributed by atoms with Crippen LogP contribution in [0.25, 0.3) is 0 Å². The van der Waals surface area contributed by atoms with Crippen LogP contribution >= 0.6 is 0 Å². The molecule has 2 rings (SSSR count). The Balaban J connectivity index is 2.44. The lowest BCUT2D eigenvalue weighted by atomic mass is 10.0. The van der Waals surface area contributed by atoms with Gasteiger partial charge >= 0.3 is 5.97 Å². The van der Waals surface area contributed by atoms with Gasteiger partial charge in [-0.05, 0) is 38.0 Å². The first kappa shape index (κ1) is 16.9. The zero-order valence-corrected chi connectivity index (χ0v) is 13.8. The second-order valence-corrected chi connectivity index (χ2v) is 9.65. The number of carboxylic acid groups (broad SMARTS) is 1. The van der Waals surface area contributed by atoms with Gasteiger partial charge in [0.2, 0.25) is 10.0 Å². The first-order chi connectivity index (χ1) is 9.94. The zero-order valence-electron chi connectivity index (χ0n) is 12.2. The van der Waals surface area contributed by atoms with Gasteiger partial charge in [-0.3, -0.25) is 0 Å². The van der Waals surface area contributed by atoms with Gasteiger partial charge in [0.15, 0.2) is 9.84 Å². The molecule has 0 amide bonds. The Labute approximate surface area is 129 Å². The van der Waals surface area contributed by atoms with E-state index in [1.807, 2.05) is 0 Å². The Morgan fingerprint density at radius 2 is 2.00 bits per heavy atom. The summed E-state index contributed by atoms with van der Waals surface area (Å²) in [5.41, 5.74) is -0.880. The second kappa shape index (κ2) is 5.32. The SMILES string of the molecule is Cc1ccc(C(=O)O)c(S(=O)(=O)NC2(C)CCS(=O)(=O)C2)c1. The van der Waals surface area contributed by atoms with Crippen molar-refractivity contribution < 1.29 is 26.7 Å². The largest absolute Gasteiger partial charge is 0.478 e. The Hall–Kier alpha value is -1.45. The van der Waals surface area contributed by atoms with Crippen molar-refractivity contribution in [1.29, 1.82) is 0 Å². The van der Waals surface area contributed by atoms with Crippen LogP contribution < -0.4 is 4.72 Å². The van der Waals surface area contributed by atoms with E-state index in [4.69, 9.17) is 5.11 Å². The standard InChI is InChI=1S/C13H17NO6S2/c1-9-3-4-10(12(15)16)11(7-9)22(19,20)14-13(2)5-6-21(17,18)8-13/h3-4,7,14H,5-6,8H2,1-2H3,(H,15,16). The maximum Gasteiger partial charge on any atom is 0.337 e. The Morgan fingerprint density at radius 3 is 2.50 bits per heavy atom. The monoisotopic (exact) mass is 347 g/mol. The van der Waals surface area contributed by atoms with E-state index in [1.54, 1.807) is 6.92 Å². The van der Waals surface area contributed by atoms with Crippen LogP contribution in [0.3, 0.4) is 0 Å². The van der Waals surface area contributed by atoms with Gasteiger partial charge in [0.05, 0.1) is 22.0 Å². The molecule has 0 aliphatic carbocycles. The van der Waals surface area contributed by atoms with Gasteiger partial charge in [0.25, 0.3) is 0 Å². The fraction of sp³-hybridized carbons (Fsp3) is 0.462. The fourth-order valence-corrected chi connectivity index (χ4v) is 6.40. The summed E-state index contributed by atoms with van der Waals surface area (Å²) in [6.07, 6.45) is 0.156. The molecule has 0 aromatic heterocycles. The number of sulfone groups is 1. The fourth-order valence-electron chi connectivity index (χ4n) is 2.50. The number of sulfonamides is 1. The lowest BCUT2D eigenvalue weighted by Gasteiger charge is -2.24. The quantitative estimate of drug-likeness (QED) is 0.821. The maximum atomic E-state index is 12.5. The third-order valence-electron chi connectivity index (χ3n) is 3.54. The first-order valence-corrected chi connectivity index (χ1v) is 9.83. The lowest BCUT2D eigenvalue weighted by molar-refractivity contribution is 0.0692. The number of carbonyl (C=O) groups is 1. The summed E-state index contributed by atoms with van der Waals surface area (Å²) in [6, 6.07) is 3.99. The summed E-state index contributed by atoms with van der Waals surface area (Å²) in [5, 5.41) is 9.14. The molecule has 1 unspecified atom stereocenters. The molecule has 1 saturated heterocycles. The van der Waals surface area contributed by atoms with Gasteiger partial charge in [0, 0.05) is 5.54 Å². The van der Waals surface area contributed by atoms with Crippen molar-refractivity contribution in [1.82, 2.24) is 4.72 Å². The van der Waals surface area contributed by atoms with E-state index < -0.39 is 31.4 Å². The van der Waals surface area contributed by atoms with Crippen LogP contribution in [0.2, 0.25) is 0 Å². The summed E-state index contributed by atoms with van der Waals surface area (Å²) in [5.74, 6) is -1.75. The molecule has 1 aliphatic heterocycles. The lowest BCUT2D eigenvalue weighted by Crippen LogP contribution is -2.47. The third-order valence-corrected chi connectivity index (χ3v) is 7.12. The van der Waals surface area contributed by atoms with Crippen LogP contribution in [0.4, 0.5) is 0 Å². The van der Waals surface area contributed by atoms with E-state index in [2.05, 4.69) is 4.72 Å². The Morgan fingerprint density at radius 1 is 1.36 bits per heavy atom. The smallest absolute Gasteiger partial charge is 0.337 e. The van der Waals surface area contributed by atoms with Gasteiger partial charge in [0.1, 0.15) is 0 Å². The molecule has 0 radical (unpaired) electrons. The minimum Gasteiger partial charge on any atom is -0.478 e. The van der Waals surface area contributed by atoms with Gasteiger partial charge in [-0.15, -0.1) is 0 Å². The number of hydrogen-bond acceptors (Lipinski definition) is 5. The number of rotatable bonds is 4. The van der Waals surface area contributed by atoms with Crippen LogP contribution in [0, 0.1) is 6.92 Å². The molecule has 0 spiro atoms. The number of carboxylic acids is 1. The van der Waals surface area contributed by atoms with Crippen molar-refractivity contribution >= 4 is 25.8 Å². The molecule has 22 heavy (non-hydrogen) atoms. The third kappa shape index (κ3) is 3.47. The number of hydrogen-bond donors (Lipinski definition) is 2. The summed E-state index contributed by atoms with van der Waals surface area (Å²) < 4.78 is 50.5. The average Bonchev–Trinajstić information content (AvgIpc) is 2.61. The number of aromatic carboxylic acids is 1. The highest BCUT2D eigenvalue weighted by atomic mass is 32.2. The summed E-state index contributed by atoms with van der Waals surface area (Å²) in [7, 11) is -7.43. The van der Waals surface area contributed by atoms with Gasteiger partial charge in [-0.2, -0.15) is 0 Å². The Bertz CT molecular complexity index is 828. The summed E-state index contributed by atoms with van der Waals surface area (Å²) >= 11 is 0. The van der Waals surface area contributed by atoms with Crippen LogP contribution in [0.5, 0.6) is 0 Å². The number of benzene rings is 1. The van der Waals surface area contributed by atoms with E-state index in [9.17, 15) is 21.6 Å². The zero-order chi connectivity index (χ0) is 16.8. The molecule has 1 aliphatic rings. The molecule has 0 saturated carbocycles. The van der Waals surface area contributed by atoms with E-state index >= 15 is 0 Å². The molecule has 2 N–H and O–H groups in total. The van der Waals surface area contributed by atoms with Crippen LogP contribution in [0.1, 0.15) is 29.3 Å². The molecule has 0 bridgehead atoms. The van der Waals surface area contributed by atoms with Crippen molar-refractivity contribution in [2.75, 3.05) is 11.5 Å². The average molecular weight is 347 g/mol. The second-order valence-electron chi connectivity index (χ2n) is 5.81. The van der Waals surface area contributed by atoms with E-state index in [0.717, 1.165) is 0 Å². The van der Waals surface area contributed by atoms with Gasteiger partial charge in [-0.25, -0.2) is 26.4 Å². The van der Waals surface area contributed by atoms with Gasteiger partial charge < -0.3 is 5.11 Å². The van der Waals surface area contributed by atoms with Crippen molar-refractivity contribution in [2.24, 2.45) is 0 Å². The topological polar surface area (TPSA) is 118 Å². The van der Waals surface area contributed by atoms with Crippen LogP contribution in [-0.2, 0) is 19.9 Å². The van der Waals surface area contributed by atoms with Crippen LogP contribution in [-0.4, -0.2) is 45.0 Å². The molecule has 9 heteroatoms. The van der Waals surface area contributed by atoms with E-state index in [-0.39, 0.29) is 28.4 Å². The predicted octanol–water partition coefficient (Wildman–Crippen LogP) is 0.549. The molecule has 1 fully saturated rings. The molecule has 1 aromatic carbocycles. The molecular formula is C13H17NO6S2. The molecule has 122 valence electrons. The van der Waals surface area contributed by atoms with Crippen molar-refractivity contribution in [3.05, 3.63) is 29.3 Å². The van der Waals surface area contributed by atoms with Gasteiger partial charge in [-0.1, -0.05) is 6.07 Å². The predicted molar refractivity (Wildman–Crippen MR) is 80.1 cm³/mol. The van der Waals surface area contributed by atoms with Crippen LogP contribution in [0.15, 0.2) is 23.1 Å². The normalized spacial score (nSPS) is 24.3. The van der Waals surface area contributed by atoms with Crippen molar-refractivity contribution in [3.8, 4) is 0 Å².